The van der Waals surface area contributed by atoms with Crippen LogP contribution in [0.25, 0.3) is 22.8 Å². The van der Waals surface area contributed by atoms with Gasteiger partial charge in [0.1, 0.15) is 29.3 Å². The van der Waals surface area contributed by atoms with Crippen molar-refractivity contribution in [2.24, 2.45) is 0 Å². The molecule has 0 fully saturated rings. The molecule has 0 aliphatic carbocycles. The highest BCUT2D eigenvalue weighted by Crippen LogP contribution is 2.27. The van der Waals surface area contributed by atoms with E-state index in [1.165, 1.54) is 12.4 Å². The Balaban J connectivity index is 1.54. The molecule has 0 aliphatic heterocycles. The topological polar surface area (TPSA) is 103 Å². The third kappa shape index (κ3) is 3.46. The summed E-state index contributed by atoms with van der Waals surface area (Å²) in [5.41, 5.74) is 2.73. The second-order valence-corrected chi connectivity index (χ2v) is 6.17. The van der Waals surface area contributed by atoms with Crippen molar-refractivity contribution in [1.82, 2.24) is 25.3 Å². The molecule has 3 aromatic heterocycles. The zero-order valence-electron chi connectivity index (χ0n) is 15.3. The number of anilines is 1. The predicted octanol–water partition coefficient (Wildman–Crippen LogP) is 3.59. The van der Waals surface area contributed by atoms with Gasteiger partial charge in [-0.05, 0) is 32.4 Å². The summed E-state index contributed by atoms with van der Waals surface area (Å²) in [6, 6.07) is 6.25. The second kappa shape index (κ2) is 7.55. The Morgan fingerprint density at radius 1 is 1.07 bits per heavy atom. The van der Waals surface area contributed by atoms with Gasteiger partial charge in [0.05, 0.1) is 11.3 Å². The molecule has 0 unspecified atom stereocenters. The van der Waals surface area contributed by atoms with Gasteiger partial charge in [-0.3, -0.25) is 0 Å². The van der Waals surface area contributed by atoms with E-state index in [-0.39, 0.29) is 17.3 Å². The average molecular weight is 380 g/mol. The van der Waals surface area contributed by atoms with E-state index in [9.17, 15) is 4.39 Å². The van der Waals surface area contributed by atoms with Gasteiger partial charge in [0, 0.05) is 18.3 Å². The highest BCUT2D eigenvalue weighted by Gasteiger charge is 2.17. The van der Waals surface area contributed by atoms with Gasteiger partial charge in [-0.2, -0.15) is 4.98 Å². The van der Waals surface area contributed by atoms with Crippen LogP contribution in [0.1, 0.15) is 17.0 Å². The minimum absolute atomic E-state index is 0.165. The zero-order chi connectivity index (χ0) is 19.5. The summed E-state index contributed by atoms with van der Waals surface area (Å²) < 4.78 is 24.5. The molecule has 0 bridgehead atoms. The Morgan fingerprint density at radius 3 is 2.71 bits per heavy atom. The number of nitrogens with one attached hydrogen (secondary N) is 1. The zero-order valence-corrected chi connectivity index (χ0v) is 15.3. The first-order valence-electron chi connectivity index (χ1n) is 8.68. The maximum absolute atomic E-state index is 14.0. The molecule has 4 aromatic rings. The first-order valence-corrected chi connectivity index (χ1v) is 8.68. The molecule has 0 aliphatic rings. The molecule has 0 amide bonds. The minimum atomic E-state index is -0.419. The smallest absolute Gasteiger partial charge is 0.263 e. The van der Waals surface area contributed by atoms with Gasteiger partial charge >= 0.3 is 0 Å². The van der Waals surface area contributed by atoms with Crippen LogP contribution in [0, 0.1) is 19.7 Å². The second-order valence-electron chi connectivity index (χ2n) is 6.17. The summed E-state index contributed by atoms with van der Waals surface area (Å²) >= 11 is 0. The highest BCUT2D eigenvalue weighted by atomic mass is 19.1. The summed E-state index contributed by atoms with van der Waals surface area (Å²) in [6.45, 7) is 4.39. The number of halogens is 1. The van der Waals surface area contributed by atoms with Crippen LogP contribution in [-0.2, 0) is 6.42 Å². The number of benzene rings is 1. The lowest BCUT2D eigenvalue weighted by Gasteiger charge is -2.07. The van der Waals surface area contributed by atoms with Gasteiger partial charge in [0.2, 0.25) is 5.82 Å². The van der Waals surface area contributed by atoms with E-state index in [2.05, 4.69) is 30.6 Å². The Kier molecular flexibility index (Phi) is 4.79. The summed E-state index contributed by atoms with van der Waals surface area (Å²) in [7, 11) is 0. The lowest BCUT2D eigenvalue weighted by molar-refractivity contribution is 0.392. The molecule has 0 saturated carbocycles. The fraction of sp³-hybridized carbons (Fsp3) is 0.211. The third-order valence-electron chi connectivity index (χ3n) is 4.33. The van der Waals surface area contributed by atoms with Crippen LogP contribution in [0.4, 0.5) is 10.2 Å². The average Bonchev–Trinajstić information content (AvgIpc) is 3.31. The standard InChI is InChI=1S/C19H17FN6O2/c1-11-13(12(2)27-25-11)7-8-22-17-15(9-21-10-23-17)19-24-18(26-28-19)14-5-3-4-6-16(14)20/h3-6,9-10H,7-8H2,1-2H3,(H,21,22,23). The fourth-order valence-corrected chi connectivity index (χ4v) is 2.88. The monoisotopic (exact) mass is 380 g/mol. The Bertz CT molecular complexity index is 1090. The summed E-state index contributed by atoms with van der Waals surface area (Å²) in [5.74, 6) is 1.30. The molecule has 28 heavy (non-hydrogen) atoms. The van der Waals surface area contributed by atoms with Crippen molar-refractivity contribution in [2.45, 2.75) is 20.3 Å². The van der Waals surface area contributed by atoms with Crippen LogP contribution in [0.5, 0.6) is 0 Å². The van der Waals surface area contributed by atoms with Crippen molar-refractivity contribution in [3.8, 4) is 22.8 Å². The number of hydrogen-bond acceptors (Lipinski definition) is 8. The van der Waals surface area contributed by atoms with Crippen molar-refractivity contribution >= 4 is 5.82 Å². The molecule has 4 rings (SSSR count). The molecule has 0 atom stereocenters. The van der Waals surface area contributed by atoms with E-state index in [1.54, 1.807) is 24.4 Å². The predicted molar refractivity (Wildman–Crippen MR) is 98.9 cm³/mol. The number of rotatable bonds is 6. The number of nitrogens with zero attached hydrogens (tertiary/aromatic N) is 5. The van der Waals surface area contributed by atoms with Crippen molar-refractivity contribution in [1.29, 1.82) is 0 Å². The van der Waals surface area contributed by atoms with Gasteiger partial charge in [-0.1, -0.05) is 22.4 Å². The first kappa shape index (κ1) is 17.8. The van der Waals surface area contributed by atoms with E-state index < -0.39 is 5.82 Å². The van der Waals surface area contributed by atoms with E-state index in [1.807, 2.05) is 13.8 Å². The van der Waals surface area contributed by atoms with E-state index in [0.29, 0.717) is 17.9 Å². The van der Waals surface area contributed by atoms with Gasteiger partial charge in [-0.15, -0.1) is 0 Å². The van der Waals surface area contributed by atoms with Crippen molar-refractivity contribution in [3.63, 3.8) is 0 Å². The van der Waals surface area contributed by atoms with Crippen molar-refractivity contribution in [3.05, 3.63) is 59.6 Å². The Labute approximate surface area is 159 Å². The molecular formula is C19H17FN6O2. The maximum Gasteiger partial charge on any atom is 0.263 e. The summed E-state index contributed by atoms with van der Waals surface area (Å²) in [4.78, 5) is 12.6. The van der Waals surface area contributed by atoms with Crippen LogP contribution in [0.2, 0.25) is 0 Å². The molecular weight excluding hydrogens is 363 g/mol. The number of hydrogen-bond donors (Lipinski definition) is 1. The van der Waals surface area contributed by atoms with E-state index >= 15 is 0 Å². The molecule has 3 heterocycles. The largest absolute Gasteiger partial charge is 0.369 e. The van der Waals surface area contributed by atoms with Crippen LogP contribution >= 0.6 is 0 Å². The van der Waals surface area contributed by atoms with Gasteiger partial charge in [-0.25, -0.2) is 14.4 Å². The van der Waals surface area contributed by atoms with Crippen LogP contribution in [0.15, 0.2) is 45.8 Å². The molecule has 8 nitrogen and oxygen atoms in total. The lowest BCUT2D eigenvalue weighted by Crippen LogP contribution is -2.08. The molecule has 142 valence electrons. The summed E-state index contributed by atoms with van der Waals surface area (Å²) in [6.07, 6.45) is 3.72. The highest BCUT2D eigenvalue weighted by molar-refractivity contribution is 5.69. The van der Waals surface area contributed by atoms with E-state index in [4.69, 9.17) is 9.05 Å². The Hall–Kier alpha value is -3.62. The molecule has 0 saturated heterocycles. The normalized spacial score (nSPS) is 11.0. The van der Waals surface area contributed by atoms with Gasteiger partial charge < -0.3 is 14.4 Å². The van der Waals surface area contributed by atoms with Crippen molar-refractivity contribution in [2.75, 3.05) is 11.9 Å². The number of aryl methyl sites for hydroxylation is 2. The van der Waals surface area contributed by atoms with Crippen LogP contribution in [-0.4, -0.2) is 31.8 Å². The fourth-order valence-electron chi connectivity index (χ4n) is 2.88. The number of aromatic nitrogens is 5. The van der Waals surface area contributed by atoms with Gasteiger partial charge in [0.15, 0.2) is 0 Å². The molecule has 0 radical (unpaired) electrons. The third-order valence-corrected chi connectivity index (χ3v) is 4.33. The minimum Gasteiger partial charge on any atom is -0.369 e. The summed E-state index contributed by atoms with van der Waals surface area (Å²) in [5, 5.41) is 11.1. The SMILES string of the molecule is Cc1noc(C)c1CCNc1ncncc1-c1nc(-c2ccccc2F)no1. The quantitative estimate of drug-likeness (QED) is 0.541. The van der Waals surface area contributed by atoms with Crippen LogP contribution in [0.3, 0.4) is 0 Å². The maximum atomic E-state index is 14.0. The van der Waals surface area contributed by atoms with Crippen molar-refractivity contribution < 1.29 is 13.4 Å². The molecule has 1 aromatic carbocycles. The Morgan fingerprint density at radius 2 is 1.93 bits per heavy atom. The lowest BCUT2D eigenvalue weighted by atomic mass is 10.1. The molecule has 9 heteroatoms. The van der Waals surface area contributed by atoms with E-state index in [0.717, 1.165) is 23.4 Å². The molecule has 1 N–H and O–H groups in total. The van der Waals surface area contributed by atoms with Crippen LogP contribution < -0.4 is 5.32 Å². The first-order chi connectivity index (χ1) is 13.6. The molecule has 0 spiro atoms. The van der Waals surface area contributed by atoms with Gasteiger partial charge in [0.25, 0.3) is 5.89 Å².